The predicted molar refractivity (Wildman–Crippen MR) is 84.0 cm³/mol. The van der Waals surface area contributed by atoms with Crippen LogP contribution in [0.3, 0.4) is 0 Å². The lowest BCUT2D eigenvalue weighted by molar-refractivity contribution is -0.141. The van der Waals surface area contributed by atoms with Gasteiger partial charge >= 0.3 is 11.9 Å². The Morgan fingerprint density at radius 1 is 0.714 bits per heavy atom. The molecule has 0 rings (SSSR count). The zero-order chi connectivity index (χ0) is 15.9. The lowest BCUT2D eigenvalue weighted by atomic mass is 9.97. The predicted octanol–water partition coefficient (Wildman–Crippen LogP) is 4.26. The molecule has 0 fully saturated rings. The Hall–Kier alpha value is -1.06. The summed E-state index contributed by atoms with van der Waals surface area (Å²) in [5.74, 6) is 0.397. The highest BCUT2D eigenvalue weighted by Gasteiger charge is 2.06. The summed E-state index contributed by atoms with van der Waals surface area (Å²) in [5.41, 5.74) is 0. The average molecular weight is 300 g/mol. The molecular formula is C17H32O4. The van der Waals surface area contributed by atoms with E-state index in [1.165, 1.54) is 52.7 Å². The third-order valence-corrected chi connectivity index (χ3v) is 3.87. The molecule has 0 radical (unpaired) electrons. The van der Waals surface area contributed by atoms with Crippen molar-refractivity contribution in [2.45, 2.75) is 77.6 Å². The Labute approximate surface area is 129 Å². The van der Waals surface area contributed by atoms with Crippen molar-refractivity contribution in [1.82, 2.24) is 0 Å². The van der Waals surface area contributed by atoms with Gasteiger partial charge in [0.25, 0.3) is 0 Å². The molecule has 0 heterocycles. The molecule has 0 bridgehead atoms. The number of methoxy groups -OCH3 is 2. The summed E-state index contributed by atoms with van der Waals surface area (Å²) in [6, 6.07) is 0. The van der Waals surface area contributed by atoms with Gasteiger partial charge in [-0.1, -0.05) is 51.9 Å². The molecule has 0 saturated heterocycles. The zero-order valence-corrected chi connectivity index (χ0v) is 14.0. The number of ether oxygens (including phenoxy) is 2. The van der Waals surface area contributed by atoms with Gasteiger partial charge in [-0.3, -0.25) is 9.59 Å². The molecule has 0 aromatic heterocycles. The minimum Gasteiger partial charge on any atom is -0.469 e. The molecule has 0 saturated carbocycles. The van der Waals surface area contributed by atoms with Gasteiger partial charge in [0.15, 0.2) is 0 Å². The van der Waals surface area contributed by atoms with Gasteiger partial charge in [0.1, 0.15) is 0 Å². The molecule has 0 aliphatic heterocycles. The summed E-state index contributed by atoms with van der Waals surface area (Å²) < 4.78 is 9.25. The first kappa shape index (κ1) is 19.9. The van der Waals surface area contributed by atoms with Crippen molar-refractivity contribution >= 4 is 11.9 Å². The molecule has 0 spiro atoms. The summed E-state index contributed by atoms with van der Waals surface area (Å²) in [6.07, 6.45) is 11.5. The number of unbranched alkanes of at least 4 members (excludes halogenated alkanes) is 6. The van der Waals surface area contributed by atoms with Gasteiger partial charge in [-0.15, -0.1) is 0 Å². The van der Waals surface area contributed by atoms with Crippen molar-refractivity contribution in [1.29, 1.82) is 0 Å². The highest BCUT2D eigenvalue weighted by atomic mass is 16.5. The number of carbonyl (C=O) groups is 2. The molecule has 4 nitrogen and oxygen atoms in total. The van der Waals surface area contributed by atoms with E-state index in [4.69, 9.17) is 0 Å². The maximum absolute atomic E-state index is 11.0. The van der Waals surface area contributed by atoms with Crippen LogP contribution in [-0.4, -0.2) is 26.2 Å². The lowest BCUT2D eigenvalue weighted by Gasteiger charge is -2.10. The molecule has 21 heavy (non-hydrogen) atoms. The Kier molecular flexibility index (Phi) is 13.2. The molecule has 4 heteroatoms. The Balaban J connectivity index is 3.24. The maximum Gasteiger partial charge on any atom is 0.305 e. The lowest BCUT2D eigenvalue weighted by Crippen LogP contribution is -2.04. The van der Waals surface area contributed by atoms with Gasteiger partial charge in [0.05, 0.1) is 14.2 Å². The first-order valence-corrected chi connectivity index (χ1v) is 8.23. The molecule has 124 valence electrons. The van der Waals surface area contributed by atoms with Crippen LogP contribution >= 0.6 is 0 Å². The quantitative estimate of drug-likeness (QED) is 0.377. The highest BCUT2D eigenvalue weighted by molar-refractivity contribution is 5.69. The van der Waals surface area contributed by atoms with Gasteiger partial charge in [-0.05, 0) is 18.8 Å². The third-order valence-electron chi connectivity index (χ3n) is 3.87. The number of carbonyl (C=O) groups excluding carboxylic acids is 2. The minimum atomic E-state index is -0.103. The van der Waals surface area contributed by atoms with Crippen LogP contribution in [0.2, 0.25) is 0 Å². The second-order valence-electron chi connectivity index (χ2n) is 5.81. The van der Waals surface area contributed by atoms with E-state index >= 15 is 0 Å². The van der Waals surface area contributed by atoms with Crippen LogP contribution in [0, 0.1) is 5.92 Å². The Bertz CT molecular complexity index is 276. The number of hydrogen-bond acceptors (Lipinski definition) is 4. The van der Waals surface area contributed by atoms with Crippen molar-refractivity contribution in [3.05, 3.63) is 0 Å². The fourth-order valence-corrected chi connectivity index (χ4v) is 2.36. The second kappa shape index (κ2) is 13.9. The smallest absolute Gasteiger partial charge is 0.305 e. The highest BCUT2D eigenvalue weighted by Crippen LogP contribution is 2.16. The van der Waals surface area contributed by atoms with E-state index in [2.05, 4.69) is 16.4 Å². The summed E-state index contributed by atoms with van der Waals surface area (Å²) in [5, 5.41) is 0. The molecule has 0 amide bonds. The number of rotatable bonds is 13. The molecule has 0 aliphatic rings. The van der Waals surface area contributed by atoms with Crippen LogP contribution in [0.1, 0.15) is 77.6 Å². The monoisotopic (exact) mass is 300 g/mol. The SMILES string of the molecule is COC(=O)CCCCCCCCCC(C)CCC(=O)OC. The molecule has 1 unspecified atom stereocenters. The van der Waals surface area contributed by atoms with Crippen LogP contribution < -0.4 is 0 Å². The van der Waals surface area contributed by atoms with Crippen molar-refractivity contribution in [2.24, 2.45) is 5.92 Å². The van der Waals surface area contributed by atoms with Gasteiger partial charge in [0, 0.05) is 12.8 Å². The minimum absolute atomic E-state index is 0.101. The molecule has 0 aromatic carbocycles. The van der Waals surface area contributed by atoms with Crippen LogP contribution in [0.25, 0.3) is 0 Å². The van der Waals surface area contributed by atoms with Crippen LogP contribution in [0.15, 0.2) is 0 Å². The van der Waals surface area contributed by atoms with Crippen molar-refractivity contribution < 1.29 is 19.1 Å². The van der Waals surface area contributed by atoms with Crippen LogP contribution in [0.4, 0.5) is 0 Å². The maximum atomic E-state index is 11.0. The van der Waals surface area contributed by atoms with E-state index in [0.717, 1.165) is 19.3 Å². The topological polar surface area (TPSA) is 52.6 Å². The molecule has 0 N–H and O–H groups in total. The van der Waals surface area contributed by atoms with E-state index in [1.807, 2.05) is 0 Å². The molecule has 1 atom stereocenters. The summed E-state index contributed by atoms with van der Waals surface area (Å²) in [6.45, 7) is 2.20. The molecular weight excluding hydrogens is 268 g/mol. The van der Waals surface area contributed by atoms with E-state index < -0.39 is 0 Å². The van der Waals surface area contributed by atoms with Crippen molar-refractivity contribution in [3.63, 3.8) is 0 Å². The van der Waals surface area contributed by atoms with Crippen molar-refractivity contribution in [3.8, 4) is 0 Å². The van der Waals surface area contributed by atoms with Gasteiger partial charge < -0.3 is 9.47 Å². The first-order valence-electron chi connectivity index (χ1n) is 8.23. The zero-order valence-electron chi connectivity index (χ0n) is 14.0. The van der Waals surface area contributed by atoms with Gasteiger partial charge in [-0.25, -0.2) is 0 Å². The van der Waals surface area contributed by atoms with E-state index in [9.17, 15) is 9.59 Å². The van der Waals surface area contributed by atoms with Crippen LogP contribution in [0.5, 0.6) is 0 Å². The fraction of sp³-hybridized carbons (Fsp3) is 0.882. The Morgan fingerprint density at radius 3 is 1.76 bits per heavy atom. The summed E-state index contributed by atoms with van der Waals surface area (Å²) in [7, 11) is 2.88. The number of esters is 2. The Morgan fingerprint density at radius 2 is 1.19 bits per heavy atom. The van der Waals surface area contributed by atoms with Crippen molar-refractivity contribution in [2.75, 3.05) is 14.2 Å². The average Bonchev–Trinajstić information content (AvgIpc) is 2.50. The van der Waals surface area contributed by atoms with E-state index in [0.29, 0.717) is 18.8 Å². The molecule has 0 aliphatic carbocycles. The largest absolute Gasteiger partial charge is 0.469 e. The second-order valence-corrected chi connectivity index (χ2v) is 5.81. The van der Waals surface area contributed by atoms with Gasteiger partial charge in [0.2, 0.25) is 0 Å². The normalized spacial score (nSPS) is 12.0. The van der Waals surface area contributed by atoms with E-state index in [-0.39, 0.29) is 11.9 Å². The third kappa shape index (κ3) is 13.7. The first-order chi connectivity index (χ1) is 10.1. The summed E-state index contributed by atoms with van der Waals surface area (Å²) >= 11 is 0. The standard InChI is InChI=1S/C17H32O4/c1-15(13-14-17(19)21-3)11-9-7-5-4-6-8-10-12-16(18)20-2/h15H,4-14H2,1-3H3. The summed E-state index contributed by atoms with van der Waals surface area (Å²) in [4.78, 5) is 21.9. The van der Waals surface area contributed by atoms with E-state index in [1.54, 1.807) is 0 Å². The van der Waals surface area contributed by atoms with Gasteiger partial charge in [-0.2, -0.15) is 0 Å². The molecule has 0 aromatic rings. The van der Waals surface area contributed by atoms with Crippen LogP contribution in [-0.2, 0) is 19.1 Å². The fourth-order valence-electron chi connectivity index (χ4n) is 2.36. The number of hydrogen-bond donors (Lipinski definition) is 0.